The van der Waals surface area contributed by atoms with Crippen LogP contribution in [0, 0.1) is 0 Å². The summed E-state index contributed by atoms with van der Waals surface area (Å²) in [6.45, 7) is 2.54. The van der Waals surface area contributed by atoms with Gasteiger partial charge in [-0.3, -0.25) is 9.78 Å². The summed E-state index contributed by atoms with van der Waals surface area (Å²) in [6, 6.07) is 13.8. The number of ether oxygens (including phenoxy) is 2. The average molecular weight is 423 g/mol. The predicted molar refractivity (Wildman–Crippen MR) is 116 cm³/mol. The quantitative estimate of drug-likeness (QED) is 0.557. The fraction of sp³-hybridized carbons (Fsp3) is 0.292. The summed E-state index contributed by atoms with van der Waals surface area (Å²) >= 11 is 6.18. The molecule has 1 aromatic carbocycles. The molecule has 4 bridgehead atoms. The first kappa shape index (κ1) is 20.4. The van der Waals surface area contributed by atoms with Gasteiger partial charge in [-0.2, -0.15) is 0 Å². The zero-order valence-electron chi connectivity index (χ0n) is 16.9. The lowest BCUT2D eigenvalue weighted by molar-refractivity contribution is -0.142. The Hall–Kier alpha value is -2.92. The second kappa shape index (κ2) is 9.26. The number of carbonyl (C=O) groups is 1. The van der Waals surface area contributed by atoms with Crippen LogP contribution in [-0.4, -0.2) is 22.5 Å². The van der Waals surface area contributed by atoms with E-state index < -0.39 is 0 Å². The van der Waals surface area contributed by atoms with Gasteiger partial charge in [-0.25, -0.2) is 4.98 Å². The van der Waals surface area contributed by atoms with Crippen LogP contribution in [0.3, 0.4) is 0 Å². The lowest BCUT2D eigenvalue weighted by Crippen LogP contribution is -2.10. The number of nitrogens with zero attached hydrogens (tertiary/aromatic N) is 2. The third-order valence-corrected chi connectivity index (χ3v) is 5.35. The van der Waals surface area contributed by atoms with Crippen LogP contribution >= 0.6 is 11.6 Å². The SMILES string of the molecule is CCOC(=O)Cc1ccc2cc1CCCc1cc(Cl)cnc1COc1cccc-2n1. The third-order valence-electron chi connectivity index (χ3n) is 5.14. The molecule has 30 heavy (non-hydrogen) atoms. The molecular weight excluding hydrogens is 400 g/mol. The molecule has 0 radical (unpaired) electrons. The minimum absolute atomic E-state index is 0.209. The van der Waals surface area contributed by atoms with E-state index in [1.807, 2.05) is 43.3 Å². The zero-order valence-corrected chi connectivity index (χ0v) is 17.6. The van der Waals surface area contributed by atoms with E-state index in [0.717, 1.165) is 52.9 Å². The summed E-state index contributed by atoms with van der Waals surface area (Å²) < 4.78 is 11.1. The normalized spacial score (nSPS) is 13.1. The van der Waals surface area contributed by atoms with E-state index in [1.54, 1.807) is 6.20 Å². The van der Waals surface area contributed by atoms with Crippen LogP contribution in [-0.2, 0) is 35.4 Å². The molecule has 0 atom stereocenters. The van der Waals surface area contributed by atoms with E-state index in [9.17, 15) is 4.79 Å². The van der Waals surface area contributed by atoms with Gasteiger partial charge in [0.05, 0.1) is 29.4 Å². The van der Waals surface area contributed by atoms with Gasteiger partial charge in [0.25, 0.3) is 0 Å². The number of hydrogen-bond acceptors (Lipinski definition) is 5. The molecule has 0 fully saturated rings. The van der Waals surface area contributed by atoms with E-state index in [4.69, 9.17) is 21.1 Å². The van der Waals surface area contributed by atoms with Crippen LogP contribution in [0.2, 0.25) is 5.02 Å². The Bertz CT molecular complexity index is 1070. The highest BCUT2D eigenvalue weighted by Crippen LogP contribution is 2.26. The molecule has 154 valence electrons. The largest absolute Gasteiger partial charge is 0.471 e. The number of halogens is 1. The summed E-state index contributed by atoms with van der Waals surface area (Å²) in [5.41, 5.74) is 5.89. The van der Waals surface area contributed by atoms with Crippen LogP contribution < -0.4 is 4.74 Å². The molecule has 0 amide bonds. The lowest BCUT2D eigenvalue weighted by atomic mass is 9.95. The summed E-state index contributed by atoms with van der Waals surface area (Å²) in [6.07, 6.45) is 4.46. The molecule has 0 unspecified atom stereocenters. The number of aryl methyl sites for hydroxylation is 2. The molecule has 2 aromatic heterocycles. The summed E-state index contributed by atoms with van der Waals surface area (Å²) in [7, 11) is 0. The van der Waals surface area contributed by atoms with Crippen LogP contribution in [0.1, 0.15) is 35.7 Å². The van der Waals surface area contributed by atoms with Crippen LogP contribution in [0.15, 0.2) is 48.7 Å². The van der Waals surface area contributed by atoms with Crippen molar-refractivity contribution in [3.63, 3.8) is 0 Å². The molecule has 3 heterocycles. The maximum Gasteiger partial charge on any atom is 0.310 e. The van der Waals surface area contributed by atoms with E-state index in [-0.39, 0.29) is 12.4 Å². The van der Waals surface area contributed by atoms with Crippen molar-refractivity contribution in [2.24, 2.45) is 0 Å². The number of benzene rings is 1. The Labute approximate surface area is 181 Å². The monoisotopic (exact) mass is 422 g/mol. The van der Waals surface area contributed by atoms with E-state index in [1.165, 1.54) is 0 Å². The van der Waals surface area contributed by atoms with Crippen molar-refractivity contribution in [2.75, 3.05) is 6.61 Å². The topological polar surface area (TPSA) is 61.3 Å². The van der Waals surface area contributed by atoms with Gasteiger partial charge in [0.1, 0.15) is 6.61 Å². The number of carbonyl (C=O) groups excluding carboxylic acids is 1. The first-order valence-corrected chi connectivity index (χ1v) is 10.5. The number of hydrogen-bond donors (Lipinski definition) is 0. The number of pyridine rings is 2. The van der Waals surface area contributed by atoms with Gasteiger partial charge in [0.15, 0.2) is 0 Å². The Morgan fingerprint density at radius 1 is 1.17 bits per heavy atom. The standard InChI is InChI=1S/C24H23ClN2O3/c1-2-29-24(28)13-17-9-10-19-11-16(17)5-3-6-18-12-20(25)14-26-22(18)15-30-23-8-4-7-21(19)27-23/h4,7-12,14H,2-3,5-6,13,15H2,1H3. The van der Waals surface area contributed by atoms with Gasteiger partial charge in [-0.05, 0) is 61.1 Å². The molecule has 5 nitrogen and oxygen atoms in total. The highest BCUT2D eigenvalue weighted by molar-refractivity contribution is 6.30. The lowest BCUT2D eigenvalue weighted by Gasteiger charge is -2.12. The van der Waals surface area contributed by atoms with Crippen LogP contribution in [0.5, 0.6) is 5.88 Å². The van der Waals surface area contributed by atoms with Crippen molar-refractivity contribution in [3.8, 4) is 17.1 Å². The molecule has 0 saturated carbocycles. The van der Waals surface area contributed by atoms with Crippen molar-refractivity contribution in [2.45, 2.75) is 39.2 Å². The molecule has 0 saturated heterocycles. The number of aromatic nitrogens is 2. The highest BCUT2D eigenvalue weighted by Gasteiger charge is 2.14. The number of esters is 1. The Balaban J connectivity index is 1.72. The van der Waals surface area contributed by atoms with Crippen LogP contribution in [0.4, 0.5) is 0 Å². The van der Waals surface area contributed by atoms with E-state index >= 15 is 0 Å². The van der Waals surface area contributed by atoms with Gasteiger partial charge < -0.3 is 9.47 Å². The molecule has 1 aliphatic heterocycles. The number of fused-ring (bicyclic) bond motifs is 6. The highest BCUT2D eigenvalue weighted by atomic mass is 35.5. The van der Waals surface area contributed by atoms with Crippen molar-refractivity contribution in [3.05, 3.63) is 76.1 Å². The predicted octanol–water partition coefficient (Wildman–Crippen LogP) is 4.97. The van der Waals surface area contributed by atoms with Gasteiger partial charge in [0, 0.05) is 17.8 Å². The molecule has 0 aliphatic carbocycles. The second-order valence-corrected chi connectivity index (χ2v) is 7.66. The molecule has 4 rings (SSSR count). The van der Waals surface area contributed by atoms with Crippen molar-refractivity contribution in [1.29, 1.82) is 0 Å². The number of rotatable bonds is 3. The fourth-order valence-corrected chi connectivity index (χ4v) is 3.86. The Morgan fingerprint density at radius 2 is 2.03 bits per heavy atom. The maximum atomic E-state index is 12.1. The first-order valence-electron chi connectivity index (χ1n) is 10.1. The Kier molecular flexibility index (Phi) is 6.29. The maximum absolute atomic E-state index is 12.1. The summed E-state index contributed by atoms with van der Waals surface area (Å²) in [5.74, 6) is 0.339. The zero-order chi connectivity index (χ0) is 20.9. The van der Waals surface area contributed by atoms with Crippen molar-refractivity contribution in [1.82, 2.24) is 9.97 Å². The molecule has 6 heteroatoms. The van der Waals surface area contributed by atoms with Gasteiger partial charge in [-0.15, -0.1) is 0 Å². The molecule has 0 spiro atoms. The minimum Gasteiger partial charge on any atom is -0.471 e. The Morgan fingerprint density at radius 3 is 2.90 bits per heavy atom. The fourth-order valence-electron chi connectivity index (χ4n) is 3.68. The molecule has 0 N–H and O–H groups in total. The van der Waals surface area contributed by atoms with E-state index in [0.29, 0.717) is 24.1 Å². The second-order valence-electron chi connectivity index (χ2n) is 7.23. The van der Waals surface area contributed by atoms with Gasteiger partial charge in [-0.1, -0.05) is 29.8 Å². The van der Waals surface area contributed by atoms with E-state index in [2.05, 4.69) is 16.0 Å². The first-order chi connectivity index (χ1) is 14.6. The average Bonchev–Trinajstić information content (AvgIpc) is 2.74. The van der Waals surface area contributed by atoms with Gasteiger partial charge >= 0.3 is 5.97 Å². The van der Waals surface area contributed by atoms with Crippen molar-refractivity contribution < 1.29 is 14.3 Å². The molecule has 3 aromatic rings. The third kappa shape index (κ3) is 4.79. The van der Waals surface area contributed by atoms with Crippen molar-refractivity contribution >= 4 is 17.6 Å². The molecule has 1 aliphatic rings. The molecular formula is C24H23ClN2O3. The summed E-state index contributed by atoms with van der Waals surface area (Å²) in [5, 5.41) is 0.614. The van der Waals surface area contributed by atoms with Gasteiger partial charge in [0.2, 0.25) is 5.88 Å². The minimum atomic E-state index is -0.209. The summed E-state index contributed by atoms with van der Waals surface area (Å²) in [4.78, 5) is 21.2. The van der Waals surface area contributed by atoms with Crippen LogP contribution in [0.25, 0.3) is 11.3 Å². The smallest absolute Gasteiger partial charge is 0.310 e.